The second-order valence-electron chi connectivity index (χ2n) is 5.57. The van der Waals surface area contributed by atoms with Crippen LogP contribution in [0.15, 0.2) is 0 Å². The molecule has 1 saturated carbocycles. The first-order chi connectivity index (χ1) is 9.85. The summed E-state index contributed by atoms with van der Waals surface area (Å²) in [4.78, 5) is 48.8. The number of likely N-dealkylation sites (N-methyl/N-ethyl adjacent to an activating group) is 1. The van der Waals surface area contributed by atoms with Gasteiger partial charge in [-0.3, -0.25) is 19.3 Å². The third-order valence-corrected chi connectivity index (χ3v) is 4.08. The van der Waals surface area contributed by atoms with Crippen LogP contribution in [0.2, 0.25) is 0 Å². The lowest BCUT2D eigenvalue weighted by atomic mass is 9.98. The van der Waals surface area contributed by atoms with Gasteiger partial charge in [-0.2, -0.15) is 0 Å². The number of nitrogens with zero attached hydrogens (tertiary/aromatic N) is 2. The van der Waals surface area contributed by atoms with Crippen molar-refractivity contribution in [1.82, 2.24) is 15.1 Å². The first kappa shape index (κ1) is 15.3. The molecule has 1 aliphatic carbocycles. The molecular formula is C13H19N3O5. The van der Waals surface area contributed by atoms with E-state index in [-0.39, 0.29) is 25.4 Å². The van der Waals surface area contributed by atoms with Crippen LogP contribution in [-0.4, -0.2) is 64.4 Å². The van der Waals surface area contributed by atoms with Crippen LogP contribution in [0.1, 0.15) is 32.1 Å². The van der Waals surface area contributed by atoms with Gasteiger partial charge in [0, 0.05) is 13.6 Å². The summed E-state index contributed by atoms with van der Waals surface area (Å²) in [6.45, 7) is -0.300. The van der Waals surface area contributed by atoms with Crippen LogP contribution in [0.4, 0.5) is 4.79 Å². The summed E-state index contributed by atoms with van der Waals surface area (Å²) < 4.78 is 0. The van der Waals surface area contributed by atoms with Crippen molar-refractivity contribution >= 4 is 23.8 Å². The number of carboxylic acids is 1. The molecule has 21 heavy (non-hydrogen) atoms. The van der Waals surface area contributed by atoms with Crippen LogP contribution in [0, 0.1) is 0 Å². The number of hydrogen-bond acceptors (Lipinski definition) is 4. The molecule has 0 aromatic carbocycles. The van der Waals surface area contributed by atoms with E-state index < -0.39 is 23.4 Å². The zero-order valence-corrected chi connectivity index (χ0v) is 11.9. The fraction of sp³-hybridized carbons (Fsp3) is 0.692. The maximum atomic E-state index is 12.3. The average Bonchev–Trinajstić information content (AvgIpc) is 2.97. The molecule has 116 valence electrons. The Kier molecular flexibility index (Phi) is 4.15. The Labute approximate surface area is 122 Å². The molecule has 1 heterocycles. The molecule has 4 amide bonds. The SMILES string of the molecule is CN(CCC(=O)O)C(=O)CN1C(=O)NC2(CCCC2)C1=O. The second kappa shape index (κ2) is 5.71. The van der Waals surface area contributed by atoms with Gasteiger partial charge in [-0.1, -0.05) is 12.8 Å². The number of amides is 4. The topological polar surface area (TPSA) is 107 Å². The minimum Gasteiger partial charge on any atom is -0.481 e. The van der Waals surface area contributed by atoms with E-state index in [1.54, 1.807) is 0 Å². The van der Waals surface area contributed by atoms with Gasteiger partial charge in [0.05, 0.1) is 6.42 Å². The molecule has 2 aliphatic rings. The molecule has 1 saturated heterocycles. The summed E-state index contributed by atoms with van der Waals surface area (Å²) in [7, 11) is 1.45. The van der Waals surface area contributed by atoms with Crippen LogP contribution in [0.5, 0.6) is 0 Å². The van der Waals surface area contributed by atoms with Gasteiger partial charge in [-0.05, 0) is 12.8 Å². The van der Waals surface area contributed by atoms with Gasteiger partial charge in [-0.25, -0.2) is 4.79 Å². The van der Waals surface area contributed by atoms with E-state index in [2.05, 4.69) is 5.32 Å². The van der Waals surface area contributed by atoms with E-state index in [0.29, 0.717) is 12.8 Å². The summed E-state index contributed by atoms with van der Waals surface area (Å²) >= 11 is 0. The number of hydrogen-bond donors (Lipinski definition) is 2. The molecule has 2 rings (SSSR count). The maximum Gasteiger partial charge on any atom is 0.325 e. The molecule has 1 aliphatic heterocycles. The first-order valence-corrected chi connectivity index (χ1v) is 6.95. The van der Waals surface area contributed by atoms with Gasteiger partial charge in [0.25, 0.3) is 5.91 Å². The normalized spacial score (nSPS) is 20.0. The Morgan fingerprint density at radius 3 is 2.52 bits per heavy atom. The van der Waals surface area contributed by atoms with E-state index in [1.807, 2.05) is 0 Å². The molecule has 1 spiro atoms. The molecule has 2 N–H and O–H groups in total. The number of rotatable bonds is 5. The van der Waals surface area contributed by atoms with Crippen molar-refractivity contribution in [2.24, 2.45) is 0 Å². The van der Waals surface area contributed by atoms with Crippen molar-refractivity contribution < 1.29 is 24.3 Å². The van der Waals surface area contributed by atoms with Gasteiger partial charge < -0.3 is 15.3 Å². The van der Waals surface area contributed by atoms with Gasteiger partial charge in [0.1, 0.15) is 12.1 Å². The van der Waals surface area contributed by atoms with Gasteiger partial charge in [-0.15, -0.1) is 0 Å². The van der Waals surface area contributed by atoms with Crippen LogP contribution >= 0.6 is 0 Å². The predicted octanol–water partition coefficient (Wildman–Crippen LogP) is -0.216. The highest BCUT2D eigenvalue weighted by Crippen LogP contribution is 2.34. The van der Waals surface area contributed by atoms with Crippen molar-refractivity contribution in [2.75, 3.05) is 20.1 Å². The van der Waals surface area contributed by atoms with E-state index >= 15 is 0 Å². The van der Waals surface area contributed by atoms with E-state index in [0.717, 1.165) is 17.7 Å². The van der Waals surface area contributed by atoms with Crippen LogP contribution in [0.25, 0.3) is 0 Å². The van der Waals surface area contributed by atoms with Crippen LogP contribution < -0.4 is 5.32 Å². The van der Waals surface area contributed by atoms with Crippen molar-refractivity contribution in [3.63, 3.8) is 0 Å². The fourth-order valence-corrected chi connectivity index (χ4v) is 2.78. The second-order valence-corrected chi connectivity index (χ2v) is 5.57. The van der Waals surface area contributed by atoms with E-state index in [9.17, 15) is 19.2 Å². The fourth-order valence-electron chi connectivity index (χ4n) is 2.78. The Hall–Kier alpha value is -2.12. The Bertz CT molecular complexity index is 484. The number of imide groups is 1. The van der Waals surface area contributed by atoms with Crippen LogP contribution in [0.3, 0.4) is 0 Å². The van der Waals surface area contributed by atoms with E-state index in [1.165, 1.54) is 11.9 Å². The molecule has 0 bridgehead atoms. The third-order valence-electron chi connectivity index (χ3n) is 4.08. The Morgan fingerprint density at radius 2 is 1.95 bits per heavy atom. The lowest BCUT2D eigenvalue weighted by Gasteiger charge is -2.21. The first-order valence-electron chi connectivity index (χ1n) is 6.95. The molecule has 0 atom stereocenters. The van der Waals surface area contributed by atoms with Crippen LogP contribution in [-0.2, 0) is 14.4 Å². The van der Waals surface area contributed by atoms with Gasteiger partial charge in [0.15, 0.2) is 0 Å². The number of urea groups is 1. The zero-order chi connectivity index (χ0) is 15.6. The number of aliphatic carboxylic acids is 1. The molecule has 2 fully saturated rings. The number of carbonyl (C=O) groups excluding carboxylic acids is 3. The van der Waals surface area contributed by atoms with Gasteiger partial charge in [0.2, 0.25) is 5.91 Å². The van der Waals surface area contributed by atoms with Crippen molar-refractivity contribution in [2.45, 2.75) is 37.6 Å². The smallest absolute Gasteiger partial charge is 0.325 e. The minimum absolute atomic E-state index is 0.0446. The Morgan fingerprint density at radius 1 is 1.33 bits per heavy atom. The largest absolute Gasteiger partial charge is 0.481 e. The molecule has 0 radical (unpaired) electrons. The third kappa shape index (κ3) is 2.98. The summed E-state index contributed by atoms with van der Waals surface area (Å²) in [6.07, 6.45) is 2.80. The summed E-state index contributed by atoms with van der Waals surface area (Å²) in [5, 5.41) is 11.3. The molecular weight excluding hydrogens is 278 g/mol. The monoisotopic (exact) mass is 297 g/mol. The predicted molar refractivity (Wildman–Crippen MR) is 71.3 cm³/mol. The average molecular weight is 297 g/mol. The quantitative estimate of drug-likeness (QED) is 0.682. The standard InChI is InChI=1S/C13H19N3O5/c1-15(7-4-10(18)19)9(17)8-16-11(20)13(14-12(16)21)5-2-3-6-13/h2-8H2,1H3,(H,14,21)(H,18,19). The van der Waals surface area contributed by atoms with Crippen molar-refractivity contribution in [1.29, 1.82) is 0 Å². The molecule has 0 aromatic rings. The lowest BCUT2D eigenvalue weighted by Crippen LogP contribution is -2.45. The Balaban J connectivity index is 1.96. The highest BCUT2D eigenvalue weighted by atomic mass is 16.4. The molecule has 0 aromatic heterocycles. The lowest BCUT2D eigenvalue weighted by molar-refractivity contribution is -0.140. The summed E-state index contributed by atoms with van der Waals surface area (Å²) in [6, 6.07) is -0.540. The van der Waals surface area contributed by atoms with E-state index in [4.69, 9.17) is 5.11 Å². The number of carbonyl (C=O) groups is 4. The minimum atomic E-state index is -1.01. The number of nitrogens with one attached hydrogen (secondary N) is 1. The maximum absolute atomic E-state index is 12.3. The summed E-state index contributed by atoms with van der Waals surface area (Å²) in [5.41, 5.74) is -0.822. The van der Waals surface area contributed by atoms with Gasteiger partial charge >= 0.3 is 12.0 Å². The highest BCUT2D eigenvalue weighted by Gasteiger charge is 2.52. The van der Waals surface area contributed by atoms with Crippen molar-refractivity contribution in [3.8, 4) is 0 Å². The zero-order valence-electron chi connectivity index (χ0n) is 11.9. The molecule has 8 heteroatoms. The summed E-state index contributed by atoms with van der Waals surface area (Å²) in [5.74, 6) is -1.80. The molecule has 0 unspecified atom stereocenters. The highest BCUT2D eigenvalue weighted by molar-refractivity contribution is 6.09. The number of carboxylic acid groups (broad SMARTS) is 1. The van der Waals surface area contributed by atoms with Crippen molar-refractivity contribution in [3.05, 3.63) is 0 Å². The molecule has 8 nitrogen and oxygen atoms in total.